The molecule has 114 valence electrons. The lowest BCUT2D eigenvalue weighted by molar-refractivity contribution is 0.768. The Morgan fingerprint density at radius 1 is 1.33 bits per heavy atom. The number of thiazole rings is 1. The van der Waals surface area contributed by atoms with Crippen molar-refractivity contribution in [1.29, 1.82) is 0 Å². The molecule has 2 aromatic rings. The Kier molecular flexibility index (Phi) is 5.79. The second kappa shape index (κ2) is 7.38. The molecule has 1 aromatic heterocycles. The average Bonchev–Trinajstić information content (AvgIpc) is 2.86. The molecule has 3 nitrogen and oxygen atoms in total. The maximum absolute atomic E-state index is 4.84. The quantitative estimate of drug-likeness (QED) is 0.820. The van der Waals surface area contributed by atoms with Crippen LogP contribution < -0.4 is 10.2 Å². The van der Waals surface area contributed by atoms with Crippen LogP contribution in [0.15, 0.2) is 28.7 Å². The SMILES string of the molecule is CNCc1sc(N(C)Cc2ccccc2Br)nc1C(C)C. The summed E-state index contributed by atoms with van der Waals surface area (Å²) in [5.74, 6) is 0.454. The third-order valence-corrected chi connectivity index (χ3v) is 5.25. The fourth-order valence-corrected chi connectivity index (χ4v) is 3.80. The fourth-order valence-electron chi connectivity index (χ4n) is 2.20. The minimum Gasteiger partial charge on any atom is -0.347 e. The van der Waals surface area contributed by atoms with Gasteiger partial charge in [-0.15, -0.1) is 11.3 Å². The summed E-state index contributed by atoms with van der Waals surface area (Å²) in [6.45, 7) is 6.14. The summed E-state index contributed by atoms with van der Waals surface area (Å²) in [7, 11) is 4.08. The first kappa shape index (κ1) is 16.5. The molecule has 0 aliphatic heterocycles. The summed E-state index contributed by atoms with van der Waals surface area (Å²) in [6.07, 6.45) is 0. The van der Waals surface area contributed by atoms with E-state index in [1.165, 1.54) is 16.1 Å². The molecule has 0 aliphatic rings. The lowest BCUT2D eigenvalue weighted by Crippen LogP contribution is -2.16. The summed E-state index contributed by atoms with van der Waals surface area (Å²) in [4.78, 5) is 8.40. The number of hydrogen-bond donors (Lipinski definition) is 1. The van der Waals surface area contributed by atoms with Gasteiger partial charge in [-0.3, -0.25) is 0 Å². The molecule has 0 unspecified atom stereocenters. The normalized spacial score (nSPS) is 11.1. The van der Waals surface area contributed by atoms with Gasteiger partial charge in [0.05, 0.1) is 5.69 Å². The highest BCUT2D eigenvalue weighted by molar-refractivity contribution is 9.10. The van der Waals surface area contributed by atoms with Gasteiger partial charge in [-0.1, -0.05) is 48.0 Å². The number of rotatable bonds is 6. The maximum atomic E-state index is 4.84. The first-order valence-corrected chi connectivity index (χ1v) is 8.72. The van der Waals surface area contributed by atoms with Gasteiger partial charge in [-0.25, -0.2) is 4.98 Å². The lowest BCUT2D eigenvalue weighted by atomic mass is 10.1. The molecule has 5 heteroatoms. The third-order valence-electron chi connectivity index (χ3n) is 3.29. The zero-order valence-electron chi connectivity index (χ0n) is 13.0. The Morgan fingerprint density at radius 2 is 2.05 bits per heavy atom. The third kappa shape index (κ3) is 4.05. The van der Waals surface area contributed by atoms with Gasteiger partial charge in [0.25, 0.3) is 0 Å². The van der Waals surface area contributed by atoms with Gasteiger partial charge < -0.3 is 10.2 Å². The molecule has 0 fully saturated rings. The van der Waals surface area contributed by atoms with Gasteiger partial charge in [0, 0.05) is 29.5 Å². The van der Waals surface area contributed by atoms with Crippen molar-refractivity contribution in [3.63, 3.8) is 0 Å². The van der Waals surface area contributed by atoms with Gasteiger partial charge in [0.2, 0.25) is 0 Å². The van der Waals surface area contributed by atoms with Crippen molar-refractivity contribution in [3.05, 3.63) is 44.9 Å². The van der Waals surface area contributed by atoms with Crippen LogP contribution in [0.2, 0.25) is 0 Å². The maximum Gasteiger partial charge on any atom is 0.185 e. The first-order chi connectivity index (χ1) is 10.0. The average molecular weight is 368 g/mol. The molecular formula is C16H22BrN3S. The van der Waals surface area contributed by atoms with Gasteiger partial charge >= 0.3 is 0 Å². The first-order valence-electron chi connectivity index (χ1n) is 7.11. The molecule has 0 aliphatic carbocycles. The molecule has 2 rings (SSSR count). The number of halogens is 1. The van der Waals surface area contributed by atoms with E-state index in [0.29, 0.717) is 5.92 Å². The van der Waals surface area contributed by atoms with Crippen molar-refractivity contribution >= 4 is 32.4 Å². The highest BCUT2D eigenvalue weighted by Crippen LogP contribution is 2.31. The molecule has 0 saturated carbocycles. The standard InChI is InChI=1S/C16H22BrN3S/c1-11(2)15-14(9-18-3)21-16(19-15)20(4)10-12-7-5-6-8-13(12)17/h5-8,11,18H,9-10H2,1-4H3. The number of anilines is 1. The minimum absolute atomic E-state index is 0.454. The van der Waals surface area contributed by atoms with Gasteiger partial charge in [0.15, 0.2) is 5.13 Å². The summed E-state index contributed by atoms with van der Waals surface area (Å²) in [5, 5.41) is 4.32. The van der Waals surface area contributed by atoms with Crippen LogP contribution in [-0.2, 0) is 13.1 Å². The van der Waals surface area contributed by atoms with E-state index in [1.807, 2.05) is 13.1 Å². The molecule has 0 bridgehead atoms. The van der Waals surface area contributed by atoms with Crippen LogP contribution in [0.25, 0.3) is 0 Å². The van der Waals surface area contributed by atoms with Crippen molar-refractivity contribution < 1.29 is 0 Å². The zero-order valence-corrected chi connectivity index (χ0v) is 15.4. The second-order valence-corrected chi connectivity index (χ2v) is 7.35. The summed E-state index contributed by atoms with van der Waals surface area (Å²) < 4.78 is 1.15. The monoisotopic (exact) mass is 367 g/mol. The second-order valence-electron chi connectivity index (χ2n) is 5.44. The molecule has 0 radical (unpaired) electrons. The number of nitrogens with zero attached hydrogens (tertiary/aromatic N) is 2. The smallest absolute Gasteiger partial charge is 0.185 e. The molecule has 21 heavy (non-hydrogen) atoms. The van der Waals surface area contributed by atoms with Crippen LogP contribution in [0.5, 0.6) is 0 Å². The molecule has 0 atom stereocenters. The van der Waals surface area contributed by atoms with Crippen molar-refractivity contribution in [2.24, 2.45) is 0 Å². The highest BCUT2D eigenvalue weighted by atomic mass is 79.9. The van der Waals surface area contributed by atoms with Gasteiger partial charge in [-0.2, -0.15) is 0 Å². The van der Waals surface area contributed by atoms with Crippen LogP contribution in [0.1, 0.15) is 35.9 Å². The van der Waals surface area contributed by atoms with E-state index < -0.39 is 0 Å². The van der Waals surface area contributed by atoms with E-state index >= 15 is 0 Å². The zero-order chi connectivity index (χ0) is 15.4. The Labute approximate surface area is 139 Å². The van der Waals surface area contributed by atoms with E-state index in [9.17, 15) is 0 Å². The summed E-state index contributed by atoms with van der Waals surface area (Å²) in [5.41, 5.74) is 2.49. The van der Waals surface area contributed by atoms with E-state index in [0.717, 1.165) is 22.7 Å². The number of benzene rings is 1. The van der Waals surface area contributed by atoms with Gasteiger partial charge in [0.1, 0.15) is 0 Å². The van der Waals surface area contributed by atoms with Crippen LogP contribution in [-0.4, -0.2) is 19.1 Å². The van der Waals surface area contributed by atoms with Gasteiger partial charge in [-0.05, 0) is 24.6 Å². The molecule has 0 saturated heterocycles. The van der Waals surface area contributed by atoms with E-state index in [2.05, 4.69) is 65.2 Å². The van der Waals surface area contributed by atoms with Crippen molar-refractivity contribution in [2.75, 3.05) is 19.0 Å². The van der Waals surface area contributed by atoms with E-state index in [1.54, 1.807) is 11.3 Å². The van der Waals surface area contributed by atoms with Crippen molar-refractivity contribution in [3.8, 4) is 0 Å². The summed E-state index contributed by atoms with van der Waals surface area (Å²) in [6, 6.07) is 8.34. The largest absolute Gasteiger partial charge is 0.347 e. The van der Waals surface area contributed by atoms with Crippen molar-refractivity contribution in [2.45, 2.75) is 32.9 Å². The molecule has 0 amide bonds. The summed E-state index contributed by atoms with van der Waals surface area (Å²) >= 11 is 5.39. The van der Waals surface area contributed by atoms with Crippen LogP contribution in [0, 0.1) is 0 Å². The van der Waals surface area contributed by atoms with Crippen LogP contribution >= 0.6 is 27.3 Å². The molecule has 1 heterocycles. The molecule has 1 N–H and O–H groups in total. The molecule has 0 spiro atoms. The van der Waals surface area contributed by atoms with Crippen molar-refractivity contribution in [1.82, 2.24) is 10.3 Å². The van der Waals surface area contributed by atoms with Crippen LogP contribution in [0.4, 0.5) is 5.13 Å². The lowest BCUT2D eigenvalue weighted by Gasteiger charge is -2.16. The highest BCUT2D eigenvalue weighted by Gasteiger charge is 2.16. The Balaban J connectivity index is 2.21. The number of aromatic nitrogens is 1. The predicted molar refractivity (Wildman–Crippen MR) is 95.2 cm³/mol. The Bertz CT molecular complexity index is 595. The molecular weight excluding hydrogens is 346 g/mol. The van der Waals surface area contributed by atoms with E-state index in [4.69, 9.17) is 4.98 Å². The fraction of sp³-hybridized carbons (Fsp3) is 0.438. The number of hydrogen-bond acceptors (Lipinski definition) is 4. The predicted octanol–water partition coefficient (Wildman–Crippen LogP) is 4.38. The van der Waals surface area contributed by atoms with Crippen LogP contribution in [0.3, 0.4) is 0 Å². The minimum atomic E-state index is 0.454. The topological polar surface area (TPSA) is 28.2 Å². The van der Waals surface area contributed by atoms with E-state index in [-0.39, 0.29) is 0 Å². The Hall–Kier alpha value is -0.910. The number of nitrogens with one attached hydrogen (secondary N) is 1. The Morgan fingerprint density at radius 3 is 2.67 bits per heavy atom. The molecule has 1 aromatic carbocycles.